The fourth-order valence-electron chi connectivity index (χ4n) is 3.88. The van der Waals surface area contributed by atoms with Crippen LogP contribution in [-0.4, -0.2) is 29.5 Å². The van der Waals surface area contributed by atoms with Gasteiger partial charge in [-0.3, -0.25) is 60.7 Å². The van der Waals surface area contributed by atoms with Gasteiger partial charge < -0.3 is 9.47 Å². The molecule has 0 aliphatic carbocycles. The summed E-state index contributed by atoms with van der Waals surface area (Å²) in [6.45, 7) is 0. The molecule has 20 heteroatoms. The fraction of sp³-hybridized carbons (Fsp3) is 0. The zero-order valence-corrected chi connectivity index (χ0v) is 21.3. The van der Waals surface area contributed by atoms with Gasteiger partial charge in [0.05, 0.1) is 47.2 Å². The molecule has 0 aromatic heterocycles. The lowest BCUT2D eigenvalue weighted by atomic mass is 10.0. The predicted octanol–water partition coefficient (Wildman–Crippen LogP) is 6.39. The van der Waals surface area contributed by atoms with Crippen molar-refractivity contribution in [2.24, 2.45) is 0 Å². The Morgan fingerprint density at radius 2 is 0.886 bits per heavy atom. The van der Waals surface area contributed by atoms with E-state index in [0.717, 1.165) is 36.4 Å². The van der Waals surface area contributed by atoms with Gasteiger partial charge in [-0.05, 0) is 42.0 Å². The number of rotatable bonds is 11. The van der Waals surface area contributed by atoms with Gasteiger partial charge in [0.2, 0.25) is 17.2 Å². The minimum Gasteiger partial charge on any atom is -0.450 e. The smallest absolute Gasteiger partial charge is 0.388 e. The van der Waals surface area contributed by atoms with Gasteiger partial charge in [0.1, 0.15) is 5.75 Å². The van der Waals surface area contributed by atoms with Crippen molar-refractivity contribution in [1.82, 2.24) is 0 Å². The Balaban J connectivity index is 1.74. The van der Waals surface area contributed by atoms with Crippen molar-refractivity contribution in [3.05, 3.63) is 133 Å². The predicted molar refractivity (Wildman–Crippen MR) is 145 cm³/mol. The van der Waals surface area contributed by atoms with Crippen LogP contribution < -0.4 is 9.47 Å². The SMILES string of the molecule is O=[N+]([O-])c1ccc(Oc2ccc(-c3ccc(Oc4ccc([N+](=O)[O-])cc4[N+](=O)[O-])c([N+](=O)[O-])c3[N+](=O)[O-])cc2)c([N+](=O)[O-])c1. The Hall–Kier alpha value is -7.12. The fourth-order valence-corrected chi connectivity index (χ4v) is 3.88. The zero-order valence-electron chi connectivity index (χ0n) is 21.3. The van der Waals surface area contributed by atoms with Gasteiger partial charge >= 0.3 is 22.7 Å². The van der Waals surface area contributed by atoms with Gasteiger partial charge in [-0.25, -0.2) is 0 Å². The summed E-state index contributed by atoms with van der Waals surface area (Å²) in [6.07, 6.45) is 0. The van der Waals surface area contributed by atoms with Gasteiger partial charge in [0, 0.05) is 12.1 Å². The maximum absolute atomic E-state index is 12.0. The minimum absolute atomic E-state index is 0.0340. The van der Waals surface area contributed by atoms with Crippen LogP contribution >= 0.6 is 0 Å². The van der Waals surface area contributed by atoms with Crippen molar-refractivity contribution in [2.75, 3.05) is 0 Å². The number of benzene rings is 4. The monoisotopic (exact) mass is 608 g/mol. The lowest BCUT2D eigenvalue weighted by Crippen LogP contribution is -2.02. The summed E-state index contributed by atoms with van der Waals surface area (Å²) >= 11 is 0. The molecule has 0 radical (unpaired) electrons. The van der Waals surface area contributed by atoms with Gasteiger partial charge in [0.15, 0.2) is 0 Å². The minimum atomic E-state index is -1.18. The first-order valence-electron chi connectivity index (χ1n) is 11.6. The van der Waals surface area contributed by atoms with E-state index in [-0.39, 0.29) is 22.6 Å². The molecular formula is C24H12N6O14. The van der Waals surface area contributed by atoms with Crippen molar-refractivity contribution in [1.29, 1.82) is 0 Å². The van der Waals surface area contributed by atoms with E-state index in [9.17, 15) is 60.7 Å². The molecule has 222 valence electrons. The Morgan fingerprint density at radius 1 is 0.432 bits per heavy atom. The quantitative estimate of drug-likeness (QED) is 0.132. The highest BCUT2D eigenvalue weighted by Gasteiger charge is 2.36. The highest BCUT2D eigenvalue weighted by molar-refractivity contribution is 5.83. The van der Waals surface area contributed by atoms with Crippen LogP contribution in [-0.2, 0) is 0 Å². The molecule has 0 N–H and O–H groups in total. The van der Waals surface area contributed by atoms with E-state index in [1.54, 1.807) is 0 Å². The standard InChI is InChI=1S/C24H12N6O14/c31-25(32)14-3-8-20(18(11-14)27(35)36)43-16-5-1-13(2-6-16)17-7-10-22(24(30(41)42)23(17)29(39)40)44-21-9-4-15(26(33)34)12-19(21)28(37)38/h1-12H. The average molecular weight is 608 g/mol. The molecule has 0 aliphatic heterocycles. The first-order valence-corrected chi connectivity index (χ1v) is 11.6. The molecule has 0 spiro atoms. The number of non-ortho nitro benzene ring substituents is 2. The summed E-state index contributed by atoms with van der Waals surface area (Å²) in [5, 5.41) is 68.7. The lowest BCUT2D eigenvalue weighted by Gasteiger charge is -2.10. The van der Waals surface area contributed by atoms with Crippen LogP contribution in [0.25, 0.3) is 11.1 Å². The Morgan fingerprint density at radius 3 is 1.32 bits per heavy atom. The van der Waals surface area contributed by atoms with Gasteiger partial charge in [-0.15, -0.1) is 0 Å². The normalized spacial score (nSPS) is 10.5. The first-order chi connectivity index (χ1) is 20.8. The molecule has 0 saturated heterocycles. The molecule has 44 heavy (non-hydrogen) atoms. The van der Waals surface area contributed by atoms with E-state index in [4.69, 9.17) is 9.47 Å². The Labute approximate surface area is 241 Å². The van der Waals surface area contributed by atoms with Crippen LogP contribution in [0, 0.1) is 60.7 Å². The van der Waals surface area contributed by atoms with E-state index in [1.165, 1.54) is 24.3 Å². The number of nitro benzene ring substituents is 6. The second-order valence-electron chi connectivity index (χ2n) is 8.38. The molecule has 0 heterocycles. The summed E-state index contributed by atoms with van der Waals surface area (Å²) in [6, 6.07) is 11.8. The molecule has 0 atom stereocenters. The number of nitrogens with zero attached hydrogens (tertiary/aromatic N) is 6. The van der Waals surface area contributed by atoms with Crippen LogP contribution in [0.2, 0.25) is 0 Å². The van der Waals surface area contributed by atoms with Crippen LogP contribution in [0.4, 0.5) is 34.1 Å². The van der Waals surface area contributed by atoms with Crippen LogP contribution in [0.3, 0.4) is 0 Å². The van der Waals surface area contributed by atoms with Crippen LogP contribution in [0.1, 0.15) is 0 Å². The van der Waals surface area contributed by atoms with E-state index >= 15 is 0 Å². The van der Waals surface area contributed by atoms with Gasteiger partial charge in [-0.1, -0.05) is 12.1 Å². The molecule has 4 rings (SSSR count). The summed E-state index contributed by atoms with van der Waals surface area (Å²) in [7, 11) is 0. The number of nitro groups is 6. The highest BCUT2D eigenvalue weighted by atomic mass is 16.7. The molecule has 4 aromatic rings. The third-order valence-corrected chi connectivity index (χ3v) is 5.79. The second kappa shape index (κ2) is 11.8. The molecule has 0 fully saturated rings. The van der Waals surface area contributed by atoms with Crippen LogP contribution in [0.5, 0.6) is 23.0 Å². The van der Waals surface area contributed by atoms with Crippen molar-refractivity contribution in [3.8, 4) is 34.1 Å². The third kappa shape index (κ3) is 5.97. The van der Waals surface area contributed by atoms with Crippen molar-refractivity contribution in [2.45, 2.75) is 0 Å². The Bertz CT molecular complexity index is 1890. The first kappa shape index (κ1) is 29.9. The molecule has 0 unspecified atom stereocenters. The third-order valence-electron chi connectivity index (χ3n) is 5.79. The van der Waals surface area contributed by atoms with Crippen molar-refractivity contribution < 1.29 is 39.0 Å². The van der Waals surface area contributed by atoms with E-state index < -0.39 is 75.2 Å². The van der Waals surface area contributed by atoms with E-state index in [1.807, 2.05) is 0 Å². The Kier molecular flexibility index (Phi) is 7.99. The molecule has 20 nitrogen and oxygen atoms in total. The summed E-state index contributed by atoms with van der Waals surface area (Å²) < 4.78 is 10.7. The molecule has 4 aromatic carbocycles. The number of ether oxygens (including phenoxy) is 2. The second-order valence-corrected chi connectivity index (χ2v) is 8.38. The number of hydrogen-bond acceptors (Lipinski definition) is 14. The number of hydrogen-bond donors (Lipinski definition) is 0. The maximum Gasteiger partial charge on any atom is 0.388 e. The lowest BCUT2D eigenvalue weighted by molar-refractivity contribution is -0.422. The van der Waals surface area contributed by atoms with Crippen molar-refractivity contribution >= 4 is 34.1 Å². The summed E-state index contributed by atoms with van der Waals surface area (Å²) in [5.41, 5.74) is -5.35. The zero-order chi connectivity index (χ0) is 32.3. The van der Waals surface area contributed by atoms with Crippen LogP contribution in [0.15, 0.2) is 72.8 Å². The molecule has 0 amide bonds. The van der Waals surface area contributed by atoms with Crippen molar-refractivity contribution in [3.63, 3.8) is 0 Å². The molecule has 0 saturated carbocycles. The maximum atomic E-state index is 12.0. The van der Waals surface area contributed by atoms with Gasteiger partial charge in [0.25, 0.3) is 11.4 Å². The van der Waals surface area contributed by atoms with E-state index in [0.29, 0.717) is 12.1 Å². The van der Waals surface area contributed by atoms with Gasteiger partial charge in [-0.2, -0.15) is 0 Å². The summed E-state index contributed by atoms with van der Waals surface area (Å²) in [4.78, 5) is 62.9. The molecule has 0 aliphatic rings. The largest absolute Gasteiger partial charge is 0.450 e. The highest BCUT2D eigenvalue weighted by Crippen LogP contribution is 2.47. The molecular weight excluding hydrogens is 596 g/mol. The topological polar surface area (TPSA) is 277 Å². The van der Waals surface area contributed by atoms with E-state index in [2.05, 4.69) is 0 Å². The average Bonchev–Trinajstić information content (AvgIpc) is 2.97. The summed E-state index contributed by atoms with van der Waals surface area (Å²) in [5.74, 6) is -1.81. The molecule has 0 bridgehead atoms.